The number of ether oxygens (including phenoxy) is 1. The fourth-order valence-electron chi connectivity index (χ4n) is 3.40. The zero-order valence-electron chi connectivity index (χ0n) is 16.2. The molecule has 1 aromatic rings. The van der Waals surface area contributed by atoms with Crippen LogP contribution < -0.4 is 10.1 Å². The number of anilines is 1. The van der Waals surface area contributed by atoms with Gasteiger partial charge in [-0.1, -0.05) is 19.8 Å². The van der Waals surface area contributed by atoms with Gasteiger partial charge in [-0.05, 0) is 43.4 Å². The Balaban J connectivity index is 1.87. The van der Waals surface area contributed by atoms with E-state index in [4.69, 9.17) is 4.74 Å². The van der Waals surface area contributed by atoms with Gasteiger partial charge in [-0.25, -0.2) is 8.42 Å². The molecule has 0 aromatic heterocycles. The van der Waals surface area contributed by atoms with Crippen LogP contribution in [-0.2, 0) is 14.8 Å². The molecule has 3 rings (SSSR count). The molecule has 2 aliphatic rings. The van der Waals surface area contributed by atoms with Crippen molar-refractivity contribution in [2.75, 3.05) is 25.0 Å². The van der Waals surface area contributed by atoms with E-state index in [0.29, 0.717) is 19.5 Å². The number of halogens is 3. The Morgan fingerprint density at radius 3 is 2.38 bits per heavy atom. The van der Waals surface area contributed by atoms with E-state index >= 15 is 0 Å². The average molecular weight is 434 g/mol. The highest BCUT2D eigenvalue weighted by Gasteiger charge is 2.39. The Morgan fingerprint density at radius 2 is 1.83 bits per heavy atom. The molecule has 0 radical (unpaired) electrons. The molecular weight excluding hydrogens is 409 g/mol. The van der Waals surface area contributed by atoms with Crippen LogP contribution in [0.4, 0.5) is 18.9 Å². The minimum Gasteiger partial charge on any atom is -0.482 e. The number of hydrogen-bond donors (Lipinski definition) is 1. The van der Waals surface area contributed by atoms with E-state index in [1.54, 1.807) is 0 Å². The topological polar surface area (TPSA) is 75.7 Å². The Morgan fingerprint density at radius 1 is 1.21 bits per heavy atom. The third-order valence-corrected chi connectivity index (χ3v) is 7.14. The van der Waals surface area contributed by atoms with Crippen molar-refractivity contribution in [1.29, 1.82) is 0 Å². The lowest BCUT2D eigenvalue weighted by Crippen LogP contribution is -2.32. The van der Waals surface area contributed by atoms with Gasteiger partial charge in [-0.2, -0.15) is 17.5 Å². The van der Waals surface area contributed by atoms with Crippen LogP contribution in [0.1, 0.15) is 39.0 Å². The van der Waals surface area contributed by atoms with Gasteiger partial charge >= 0.3 is 6.18 Å². The van der Waals surface area contributed by atoms with E-state index in [2.05, 4.69) is 5.32 Å². The number of sulfonamides is 1. The van der Waals surface area contributed by atoms with Crippen molar-refractivity contribution in [3.8, 4) is 5.75 Å². The van der Waals surface area contributed by atoms with E-state index in [0.717, 1.165) is 25.7 Å². The maximum atomic E-state index is 13.0. The largest absolute Gasteiger partial charge is 0.482 e. The van der Waals surface area contributed by atoms with Gasteiger partial charge in [0.05, 0.1) is 10.6 Å². The van der Waals surface area contributed by atoms with Crippen LogP contribution in [0, 0.1) is 11.8 Å². The predicted octanol–water partition coefficient (Wildman–Crippen LogP) is 3.79. The fraction of sp³-hybridized carbons (Fsp3) is 0.632. The van der Waals surface area contributed by atoms with Crippen LogP contribution in [0.3, 0.4) is 0 Å². The van der Waals surface area contributed by atoms with Gasteiger partial charge < -0.3 is 10.1 Å². The molecular formula is C19H25F3N2O4S. The van der Waals surface area contributed by atoms with Crippen molar-refractivity contribution in [3.63, 3.8) is 0 Å². The number of nitrogens with one attached hydrogen (secondary N) is 1. The summed E-state index contributed by atoms with van der Waals surface area (Å²) >= 11 is 0. The molecule has 0 spiro atoms. The van der Waals surface area contributed by atoms with Crippen LogP contribution in [0.5, 0.6) is 5.75 Å². The molecule has 2 atom stereocenters. The molecule has 1 N–H and O–H groups in total. The van der Waals surface area contributed by atoms with Gasteiger partial charge in [0, 0.05) is 19.0 Å². The number of nitrogens with zero attached hydrogens (tertiary/aromatic N) is 1. The van der Waals surface area contributed by atoms with Crippen LogP contribution in [-0.4, -0.2) is 44.5 Å². The number of benzene rings is 1. The summed E-state index contributed by atoms with van der Waals surface area (Å²) in [5.74, 6) is -0.590. The Hall–Kier alpha value is -1.81. The minimum absolute atomic E-state index is 0.0609. The Labute approximate surface area is 168 Å². The zero-order valence-corrected chi connectivity index (χ0v) is 17.0. The summed E-state index contributed by atoms with van der Waals surface area (Å²) in [7, 11) is -3.81. The first-order valence-corrected chi connectivity index (χ1v) is 11.2. The third kappa shape index (κ3) is 5.63. The lowest BCUT2D eigenvalue weighted by molar-refractivity contribution is -0.153. The average Bonchev–Trinajstić information content (AvgIpc) is 3.42. The SMILES string of the molecule is CC1CC1C(=O)Nc1cc(S(=O)(=O)N2CCCCCC2)ccc1OCC(F)(F)F. The molecule has 0 bridgehead atoms. The second-order valence-electron chi connectivity index (χ2n) is 7.69. The van der Waals surface area contributed by atoms with Crippen molar-refractivity contribution in [2.24, 2.45) is 11.8 Å². The quantitative estimate of drug-likeness (QED) is 0.739. The molecule has 2 unspecified atom stereocenters. The first-order valence-electron chi connectivity index (χ1n) is 9.72. The van der Waals surface area contributed by atoms with Crippen LogP contribution in [0.25, 0.3) is 0 Å². The number of carbonyl (C=O) groups excluding carboxylic acids is 1. The summed E-state index contributed by atoms with van der Waals surface area (Å²) < 4.78 is 69.9. The standard InChI is InChI=1S/C19H25F3N2O4S/c1-13-10-15(13)18(25)23-16-11-14(6-7-17(16)28-12-19(20,21)22)29(26,27)24-8-4-2-3-5-9-24/h6-7,11,13,15H,2-5,8-10,12H2,1H3,(H,23,25). The minimum atomic E-state index is -4.55. The highest BCUT2D eigenvalue weighted by Crippen LogP contribution is 2.40. The van der Waals surface area contributed by atoms with Crippen molar-refractivity contribution >= 4 is 21.6 Å². The second kappa shape index (κ2) is 8.51. The molecule has 1 aliphatic heterocycles. The molecule has 1 amide bonds. The van der Waals surface area contributed by atoms with E-state index in [9.17, 15) is 26.4 Å². The normalized spacial score (nSPS) is 23.3. The predicted molar refractivity (Wildman–Crippen MR) is 101 cm³/mol. The van der Waals surface area contributed by atoms with Crippen molar-refractivity contribution in [3.05, 3.63) is 18.2 Å². The zero-order chi connectivity index (χ0) is 21.2. The number of rotatable bonds is 6. The summed E-state index contributed by atoms with van der Waals surface area (Å²) in [6.07, 6.45) is -0.433. The smallest absolute Gasteiger partial charge is 0.422 e. The molecule has 1 saturated carbocycles. The highest BCUT2D eigenvalue weighted by molar-refractivity contribution is 7.89. The molecule has 2 fully saturated rings. The molecule has 1 aliphatic carbocycles. The number of carbonyl (C=O) groups is 1. The maximum absolute atomic E-state index is 13.0. The van der Waals surface area contributed by atoms with Crippen LogP contribution in [0.2, 0.25) is 0 Å². The summed E-state index contributed by atoms with van der Waals surface area (Å²) in [6, 6.07) is 3.58. The monoisotopic (exact) mass is 434 g/mol. The summed E-state index contributed by atoms with van der Waals surface area (Å²) in [6.45, 7) is 1.16. The van der Waals surface area contributed by atoms with E-state index < -0.39 is 22.8 Å². The number of amides is 1. The van der Waals surface area contributed by atoms with Crippen LogP contribution >= 0.6 is 0 Å². The maximum Gasteiger partial charge on any atom is 0.422 e. The van der Waals surface area contributed by atoms with Gasteiger partial charge in [0.1, 0.15) is 5.75 Å². The fourth-order valence-corrected chi connectivity index (χ4v) is 4.94. The molecule has 1 saturated heterocycles. The lowest BCUT2D eigenvalue weighted by Gasteiger charge is -2.21. The summed E-state index contributed by atoms with van der Waals surface area (Å²) in [5, 5.41) is 2.55. The third-order valence-electron chi connectivity index (χ3n) is 5.25. The van der Waals surface area contributed by atoms with Gasteiger partial charge in [-0.15, -0.1) is 0 Å². The second-order valence-corrected chi connectivity index (χ2v) is 9.63. The first-order chi connectivity index (χ1) is 13.6. The molecule has 6 nitrogen and oxygen atoms in total. The molecule has 1 aromatic carbocycles. The van der Waals surface area contributed by atoms with Crippen molar-refractivity contribution < 1.29 is 31.1 Å². The molecule has 162 valence electrons. The molecule has 29 heavy (non-hydrogen) atoms. The van der Waals surface area contributed by atoms with E-state index in [1.165, 1.54) is 22.5 Å². The van der Waals surface area contributed by atoms with Gasteiger partial charge in [0.2, 0.25) is 15.9 Å². The first kappa shape index (κ1) is 21.9. The summed E-state index contributed by atoms with van der Waals surface area (Å²) in [5.41, 5.74) is -0.0609. The lowest BCUT2D eigenvalue weighted by atomic mass is 10.2. The van der Waals surface area contributed by atoms with E-state index in [-0.39, 0.29) is 34.1 Å². The van der Waals surface area contributed by atoms with E-state index in [1.807, 2.05) is 6.92 Å². The van der Waals surface area contributed by atoms with Crippen molar-refractivity contribution in [2.45, 2.75) is 50.1 Å². The summed E-state index contributed by atoms with van der Waals surface area (Å²) in [4.78, 5) is 12.2. The Kier molecular flexibility index (Phi) is 6.42. The molecule has 1 heterocycles. The Bertz CT molecular complexity index is 850. The number of alkyl halides is 3. The highest BCUT2D eigenvalue weighted by atomic mass is 32.2. The molecule has 10 heteroatoms. The number of hydrogen-bond acceptors (Lipinski definition) is 4. The van der Waals surface area contributed by atoms with Crippen molar-refractivity contribution in [1.82, 2.24) is 4.31 Å². The van der Waals surface area contributed by atoms with Crippen LogP contribution in [0.15, 0.2) is 23.1 Å². The van der Waals surface area contributed by atoms with Gasteiger partial charge in [0.15, 0.2) is 6.61 Å². The van der Waals surface area contributed by atoms with Gasteiger partial charge in [0.25, 0.3) is 0 Å². The van der Waals surface area contributed by atoms with Gasteiger partial charge in [-0.3, -0.25) is 4.79 Å².